The Morgan fingerprint density at radius 1 is 1.26 bits per heavy atom. The van der Waals surface area contributed by atoms with Crippen LogP contribution < -0.4 is 0 Å². The summed E-state index contributed by atoms with van der Waals surface area (Å²) >= 11 is 0. The molecule has 0 aliphatic carbocycles. The summed E-state index contributed by atoms with van der Waals surface area (Å²) < 4.78 is 5.04. The van der Waals surface area contributed by atoms with Gasteiger partial charge in [-0.15, -0.1) is 0 Å². The smallest absolute Gasteiger partial charge is 0.303 e. The van der Waals surface area contributed by atoms with E-state index in [2.05, 4.69) is 0 Å². The van der Waals surface area contributed by atoms with E-state index in [9.17, 15) is 14.7 Å². The first kappa shape index (κ1) is 15.0. The quantitative estimate of drug-likeness (QED) is 0.514. The van der Waals surface area contributed by atoms with E-state index in [1.165, 1.54) is 19.1 Å². The molecule has 1 N–H and O–H groups in total. The molecule has 1 aromatic rings. The minimum absolute atomic E-state index is 0.0822. The molecule has 0 heterocycles. The second kappa shape index (κ2) is 6.18. The summed E-state index contributed by atoms with van der Waals surface area (Å²) in [6.45, 7) is 6.65. The third-order valence-electron chi connectivity index (χ3n) is 2.52. The predicted molar refractivity (Wildman–Crippen MR) is 72.0 cm³/mol. The van der Waals surface area contributed by atoms with Crippen molar-refractivity contribution in [3.05, 3.63) is 41.0 Å². The molecule has 0 fully saturated rings. The van der Waals surface area contributed by atoms with E-state index < -0.39 is 12.1 Å². The normalized spacial score (nSPS) is 11.6. The molecule has 102 valence electrons. The van der Waals surface area contributed by atoms with Gasteiger partial charge in [-0.05, 0) is 44.5 Å². The monoisotopic (exact) mass is 262 g/mol. The van der Waals surface area contributed by atoms with Gasteiger partial charge in [0.15, 0.2) is 5.78 Å². The van der Waals surface area contributed by atoms with Gasteiger partial charge in [-0.3, -0.25) is 9.59 Å². The van der Waals surface area contributed by atoms with Gasteiger partial charge < -0.3 is 9.84 Å². The largest absolute Gasteiger partial charge is 0.507 e. The van der Waals surface area contributed by atoms with Crippen LogP contribution in [0.2, 0.25) is 0 Å². The number of phenols is 1. The lowest BCUT2D eigenvalue weighted by atomic mass is 10.0. The molecule has 4 nitrogen and oxygen atoms in total. The number of benzene rings is 1. The van der Waals surface area contributed by atoms with Gasteiger partial charge in [0, 0.05) is 6.92 Å². The van der Waals surface area contributed by atoms with Crippen LogP contribution in [0.4, 0.5) is 0 Å². The van der Waals surface area contributed by atoms with Crippen molar-refractivity contribution < 1.29 is 19.4 Å². The zero-order valence-electron chi connectivity index (χ0n) is 11.6. The number of hydrogen-bond donors (Lipinski definition) is 1. The second-order valence-corrected chi connectivity index (χ2v) is 4.61. The number of ketones is 1. The Balaban J connectivity index is 3.10. The summed E-state index contributed by atoms with van der Waals surface area (Å²) in [4.78, 5) is 22.8. The zero-order chi connectivity index (χ0) is 14.6. The average molecular weight is 262 g/mol. The number of hydrogen-bond acceptors (Lipinski definition) is 4. The first-order chi connectivity index (χ1) is 8.81. The number of phenolic OH excluding ortho intramolecular Hbond substituents is 1. The minimum atomic E-state index is -0.462. The number of carbonyl (C=O) groups is 2. The van der Waals surface area contributed by atoms with Crippen molar-refractivity contribution >= 4 is 11.8 Å². The van der Waals surface area contributed by atoms with E-state index in [4.69, 9.17) is 4.74 Å². The van der Waals surface area contributed by atoms with Gasteiger partial charge in [0.05, 0.1) is 5.56 Å². The van der Waals surface area contributed by atoms with Crippen molar-refractivity contribution in [3.63, 3.8) is 0 Å². The zero-order valence-corrected chi connectivity index (χ0v) is 11.6. The number of rotatable bonds is 4. The Hall–Kier alpha value is -2.10. The van der Waals surface area contributed by atoms with Crippen LogP contribution in [0.25, 0.3) is 0 Å². The number of aromatic hydroxyl groups is 1. The van der Waals surface area contributed by atoms with Crippen LogP contribution in [0, 0.1) is 0 Å². The van der Waals surface area contributed by atoms with E-state index in [-0.39, 0.29) is 17.1 Å². The highest BCUT2D eigenvalue weighted by Crippen LogP contribution is 2.25. The molecule has 4 heteroatoms. The molecule has 0 spiro atoms. The van der Waals surface area contributed by atoms with Crippen LogP contribution in [0.15, 0.2) is 29.8 Å². The molecule has 0 aromatic heterocycles. The fourth-order valence-electron chi connectivity index (χ4n) is 1.66. The lowest BCUT2D eigenvalue weighted by Gasteiger charge is -2.13. The summed E-state index contributed by atoms with van der Waals surface area (Å²) in [5.41, 5.74) is 1.72. The van der Waals surface area contributed by atoms with E-state index in [1.54, 1.807) is 32.9 Å². The van der Waals surface area contributed by atoms with Crippen LogP contribution in [0.5, 0.6) is 5.75 Å². The Bertz CT molecular complexity index is 525. The molecule has 0 saturated heterocycles. The highest BCUT2D eigenvalue weighted by Gasteiger charge is 2.14. The molecule has 0 aliphatic rings. The first-order valence-electron chi connectivity index (χ1n) is 6.00. The van der Waals surface area contributed by atoms with Crippen molar-refractivity contribution in [1.82, 2.24) is 0 Å². The molecule has 1 unspecified atom stereocenters. The van der Waals surface area contributed by atoms with E-state index >= 15 is 0 Å². The van der Waals surface area contributed by atoms with Gasteiger partial charge in [0.25, 0.3) is 0 Å². The predicted octanol–water partition coefficient (Wildman–Crippen LogP) is 3.17. The van der Waals surface area contributed by atoms with Crippen LogP contribution >= 0.6 is 0 Å². The maximum absolute atomic E-state index is 11.9. The molecule has 0 aliphatic heterocycles. The molecular formula is C15H18O4. The molecule has 0 amide bonds. The van der Waals surface area contributed by atoms with Gasteiger partial charge in [0.2, 0.25) is 0 Å². The van der Waals surface area contributed by atoms with Gasteiger partial charge >= 0.3 is 5.97 Å². The van der Waals surface area contributed by atoms with Crippen molar-refractivity contribution in [2.24, 2.45) is 0 Å². The molecule has 1 atom stereocenters. The molecule has 1 aromatic carbocycles. The van der Waals surface area contributed by atoms with Crippen molar-refractivity contribution in [3.8, 4) is 5.75 Å². The Morgan fingerprint density at radius 3 is 2.42 bits per heavy atom. The Labute approximate surface area is 112 Å². The van der Waals surface area contributed by atoms with E-state index in [0.29, 0.717) is 5.56 Å². The minimum Gasteiger partial charge on any atom is -0.507 e. The Kier molecular flexibility index (Phi) is 4.87. The highest BCUT2D eigenvalue weighted by molar-refractivity contribution is 6.06. The molecule has 0 saturated carbocycles. The average Bonchev–Trinajstić information content (AvgIpc) is 2.27. The number of carbonyl (C=O) groups excluding carboxylic acids is 2. The SMILES string of the molecule is CC(=O)OC(C)c1ccc(O)c(C(=O)C=C(C)C)c1. The van der Waals surface area contributed by atoms with Crippen molar-refractivity contribution in [1.29, 1.82) is 0 Å². The second-order valence-electron chi connectivity index (χ2n) is 4.61. The topological polar surface area (TPSA) is 63.6 Å². The third kappa shape index (κ3) is 4.25. The summed E-state index contributed by atoms with van der Waals surface area (Å²) in [6, 6.07) is 4.61. The highest BCUT2D eigenvalue weighted by atomic mass is 16.5. The molecule has 0 bridgehead atoms. The van der Waals surface area contributed by atoms with Gasteiger partial charge in [-0.1, -0.05) is 11.6 Å². The van der Waals surface area contributed by atoms with Crippen LogP contribution in [-0.4, -0.2) is 16.9 Å². The summed E-state index contributed by atoms with van der Waals surface area (Å²) in [7, 11) is 0. The van der Waals surface area contributed by atoms with Crippen LogP contribution in [-0.2, 0) is 9.53 Å². The van der Waals surface area contributed by atoms with Crippen molar-refractivity contribution in [2.45, 2.75) is 33.8 Å². The molecule has 0 radical (unpaired) electrons. The summed E-state index contributed by atoms with van der Waals surface area (Å²) in [5, 5.41) is 9.72. The van der Waals surface area contributed by atoms with Gasteiger partial charge in [0.1, 0.15) is 11.9 Å². The fraction of sp³-hybridized carbons (Fsp3) is 0.333. The van der Waals surface area contributed by atoms with E-state index in [0.717, 1.165) is 5.57 Å². The molecule has 1 rings (SSSR count). The maximum Gasteiger partial charge on any atom is 0.303 e. The number of allylic oxidation sites excluding steroid dienone is 2. The van der Waals surface area contributed by atoms with E-state index in [1.807, 2.05) is 0 Å². The van der Waals surface area contributed by atoms with Crippen LogP contribution in [0.1, 0.15) is 49.7 Å². The van der Waals surface area contributed by atoms with Crippen molar-refractivity contribution in [2.75, 3.05) is 0 Å². The maximum atomic E-state index is 11.9. The molecular weight excluding hydrogens is 244 g/mol. The Morgan fingerprint density at radius 2 is 1.89 bits per heavy atom. The number of esters is 1. The summed E-state index contributed by atoms with van der Waals surface area (Å²) in [5.74, 6) is -0.742. The number of ether oxygens (including phenoxy) is 1. The lowest BCUT2D eigenvalue weighted by Crippen LogP contribution is -2.06. The third-order valence-corrected chi connectivity index (χ3v) is 2.52. The lowest BCUT2D eigenvalue weighted by molar-refractivity contribution is -0.145. The standard InChI is InChI=1S/C15H18O4/c1-9(2)7-15(18)13-8-12(5-6-14(13)17)10(3)19-11(4)16/h5-8,10,17H,1-4H3. The van der Waals surface area contributed by atoms with Crippen LogP contribution in [0.3, 0.4) is 0 Å². The first-order valence-corrected chi connectivity index (χ1v) is 6.00. The van der Waals surface area contributed by atoms with Gasteiger partial charge in [-0.2, -0.15) is 0 Å². The summed E-state index contributed by atoms with van der Waals surface area (Å²) in [6.07, 6.45) is 0.992. The van der Waals surface area contributed by atoms with Gasteiger partial charge in [-0.25, -0.2) is 0 Å². The molecule has 19 heavy (non-hydrogen) atoms. The fourth-order valence-corrected chi connectivity index (χ4v) is 1.66.